The maximum atomic E-state index is 12.7. The third kappa shape index (κ3) is 4.79. The molecule has 41 heavy (non-hydrogen) atoms. The Balaban J connectivity index is 1.33. The Morgan fingerprint density at radius 2 is 1.80 bits per heavy atom. The lowest BCUT2D eigenvalue weighted by molar-refractivity contribution is 0.0950. The summed E-state index contributed by atoms with van der Waals surface area (Å²) in [6, 6.07) is 29.6. The summed E-state index contributed by atoms with van der Waals surface area (Å²) in [5, 5.41) is 12.2. The van der Waals surface area contributed by atoms with Gasteiger partial charge in [0.2, 0.25) is 0 Å². The summed E-state index contributed by atoms with van der Waals surface area (Å²) < 4.78 is 0. The van der Waals surface area contributed by atoms with E-state index < -0.39 is 0 Å². The summed E-state index contributed by atoms with van der Waals surface area (Å²) in [5.41, 5.74) is 12.5. The van der Waals surface area contributed by atoms with E-state index in [1.165, 1.54) is 18.5 Å². The van der Waals surface area contributed by atoms with Crippen molar-refractivity contribution >= 4 is 28.9 Å². The minimum absolute atomic E-state index is 0.250. The minimum Gasteiger partial charge on any atom is -0.383 e. The van der Waals surface area contributed by atoms with Crippen molar-refractivity contribution in [3.05, 3.63) is 126 Å². The molecule has 5 aromatic rings. The molecule has 2 aromatic carbocycles. The summed E-state index contributed by atoms with van der Waals surface area (Å²) in [5.74, 6) is 0.916. The zero-order chi connectivity index (χ0) is 28.3. The number of nitrogens with zero attached hydrogens (tertiary/aromatic N) is 6. The Hall–Kier alpha value is -5.75. The molecular formula is C32H26N8O. The summed E-state index contributed by atoms with van der Waals surface area (Å²) in [6.45, 7) is 0.296. The lowest BCUT2D eigenvalue weighted by Gasteiger charge is -2.31. The normalized spacial score (nSPS) is 13.9. The number of benzene rings is 2. The van der Waals surface area contributed by atoms with Crippen molar-refractivity contribution in [2.24, 2.45) is 0 Å². The van der Waals surface area contributed by atoms with Gasteiger partial charge in [0.05, 0.1) is 22.5 Å². The number of hydrogen-bond donors (Lipinski definition) is 2. The molecule has 9 nitrogen and oxygen atoms in total. The van der Waals surface area contributed by atoms with Crippen LogP contribution in [0.2, 0.25) is 0 Å². The molecule has 0 spiro atoms. The van der Waals surface area contributed by atoms with Gasteiger partial charge in [-0.25, -0.2) is 9.97 Å². The number of nitrogens with one attached hydrogen (secondary N) is 1. The van der Waals surface area contributed by atoms with Crippen molar-refractivity contribution in [1.82, 2.24) is 20.3 Å². The van der Waals surface area contributed by atoms with Crippen LogP contribution in [-0.2, 0) is 6.54 Å². The van der Waals surface area contributed by atoms with Crippen LogP contribution in [0.3, 0.4) is 0 Å². The van der Waals surface area contributed by atoms with Crippen molar-refractivity contribution < 1.29 is 4.79 Å². The van der Waals surface area contributed by atoms with E-state index in [4.69, 9.17) is 10.7 Å². The molecule has 0 radical (unpaired) electrons. The first kappa shape index (κ1) is 25.5. The van der Waals surface area contributed by atoms with Crippen LogP contribution in [0.15, 0.2) is 104 Å². The number of nitriles is 1. The van der Waals surface area contributed by atoms with Gasteiger partial charge in [-0.1, -0.05) is 42.5 Å². The summed E-state index contributed by atoms with van der Waals surface area (Å²) in [7, 11) is 2.03. The highest BCUT2D eigenvalue weighted by atomic mass is 16.1. The number of fused-ring (bicyclic) bond motifs is 1. The topological polar surface area (TPSA) is 124 Å². The summed E-state index contributed by atoms with van der Waals surface area (Å²) >= 11 is 0. The zero-order valence-electron chi connectivity index (χ0n) is 22.3. The molecule has 0 saturated carbocycles. The number of pyridine rings is 3. The smallest absolute Gasteiger partial charge is 0.254 e. The Morgan fingerprint density at radius 3 is 2.56 bits per heavy atom. The minimum atomic E-state index is -0.349. The van der Waals surface area contributed by atoms with Gasteiger partial charge in [-0.05, 0) is 48.0 Å². The SMILES string of the molecule is CN1c2ccc(-c3ccccc3)nc2N(c2ccc(CNC(=O)c3cnccc3C#N)cc2)C1c1cccnc1N. The van der Waals surface area contributed by atoms with Gasteiger partial charge in [0.1, 0.15) is 18.1 Å². The van der Waals surface area contributed by atoms with Gasteiger partial charge in [-0.15, -0.1) is 0 Å². The van der Waals surface area contributed by atoms with Crippen LogP contribution in [0.4, 0.5) is 23.0 Å². The van der Waals surface area contributed by atoms with Crippen molar-refractivity contribution in [3.8, 4) is 17.3 Å². The van der Waals surface area contributed by atoms with E-state index in [0.29, 0.717) is 12.4 Å². The van der Waals surface area contributed by atoms with Crippen molar-refractivity contribution in [3.63, 3.8) is 0 Å². The molecule has 9 heteroatoms. The average molecular weight is 539 g/mol. The third-order valence-corrected chi connectivity index (χ3v) is 7.15. The first-order valence-corrected chi connectivity index (χ1v) is 13.1. The highest BCUT2D eigenvalue weighted by Crippen LogP contribution is 2.49. The van der Waals surface area contributed by atoms with Crippen LogP contribution in [0.1, 0.15) is 33.2 Å². The van der Waals surface area contributed by atoms with Crippen LogP contribution in [0.25, 0.3) is 11.3 Å². The van der Waals surface area contributed by atoms with Gasteiger partial charge >= 0.3 is 0 Å². The standard InChI is InChI=1S/C32H26N8O/c1-39-28-14-13-27(22-6-3-2-4-7-22)38-30(28)40(32(39)25-8-5-16-36-29(25)34)24-11-9-21(10-12-24)19-37-31(41)26-20-35-17-15-23(26)18-33/h2-17,20,32H,19H2,1H3,(H2,34,36)(H,37,41). The number of nitrogens with two attached hydrogens (primary N) is 1. The highest BCUT2D eigenvalue weighted by molar-refractivity contribution is 5.96. The number of amides is 1. The lowest BCUT2D eigenvalue weighted by Crippen LogP contribution is -2.31. The molecule has 6 rings (SSSR count). The Kier molecular flexibility index (Phi) is 6.71. The van der Waals surface area contributed by atoms with Crippen molar-refractivity contribution in [2.75, 3.05) is 22.6 Å². The zero-order valence-corrected chi connectivity index (χ0v) is 22.3. The predicted octanol–water partition coefficient (Wildman–Crippen LogP) is 5.21. The lowest BCUT2D eigenvalue weighted by atomic mass is 10.1. The second kappa shape index (κ2) is 10.8. The number of rotatable bonds is 6. The van der Waals surface area contributed by atoms with E-state index in [9.17, 15) is 10.1 Å². The first-order valence-electron chi connectivity index (χ1n) is 13.1. The first-order chi connectivity index (χ1) is 20.0. The van der Waals surface area contributed by atoms with Gasteiger partial charge < -0.3 is 16.0 Å². The molecule has 0 saturated heterocycles. The molecule has 0 fully saturated rings. The van der Waals surface area contributed by atoms with Crippen LogP contribution in [0, 0.1) is 11.3 Å². The molecule has 1 aliphatic heterocycles. The van der Waals surface area contributed by atoms with E-state index in [-0.39, 0.29) is 23.2 Å². The fourth-order valence-electron chi connectivity index (χ4n) is 5.07. The van der Waals surface area contributed by atoms with Crippen LogP contribution in [0.5, 0.6) is 0 Å². The quantitative estimate of drug-likeness (QED) is 0.302. The third-order valence-electron chi connectivity index (χ3n) is 7.15. The van der Waals surface area contributed by atoms with Crippen molar-refractivity contribution in [1.29, 1.82) is 5.26 Å². The molecule has 3 aromatic heterocycles. The number of aromatic nitrogens is 3. The van der Waals surface area contributed by atoms with Gasteiger partial charge in [0, 0.05) is 49.0 Å². The maximum absolute atomic E-state index is 12.7. The van der Waals surface area contributed by atoms with E-state index >= 15 is 0 Å². The molecule has 3 N–H and O–H groups in total. The number of anilines is 4. The fraction of sp³-hybridized carbons (Fsp3) is 0.0938. The largest absolute Gasteiger partial charge is 0.383 e. The van der Waals surface area contributed by atoms with E-state index in [1.807, 2.05) is 85.9 Å². The molecule has 0 aliphatic carbocycles. The number of hydrogen-bond acceptors (Lipinski definition) is 8. The average Bonchev–Trinajstić information content (AvgIpc) is 3.31. The van der Waals surface area contributed by atoms with E-state index in [0.717, 1.165) is 39.6 Å². The fourth-order valence-corrected chi connectivity index (χ4v) is 5.07. The van der Waals surface area contributed by atoms with Gasteiger partial charge in [-0.2, -0.15) is 5.26 Å². The number of carbonyl (C=O) groups is 1. The Morgan fingerprint density at radius 1 is 1.00 bits per heavy atom. The predicted molar refractivity (Wildman–Crippen MR) is 158 cm³/mol. The molecule has 0 bridgehead atoms. The van der Waals surface area contributed by atoms with E-state index in [2.05, 4.69) is 31.2 Å². The number of carbonyl (C=O) groups excluding carboxylic acids is 1. The van der Waals surface area contributed by atoms with Gasteiger partial charge in [-0.3, -0.25) is 14.7 Å². The van der Waals surface area contributed by atoms with Crippen LogP contribution >= 0.6 is 0 Å². The Labute approximate surface area is 237 Å². The number of nitrogen functional groups attached to an aromatic ring is 1. The summed E-state index contributed by atoms with van der Waals surface area (Å²) in [4.78, 5) is 30.4. The van der Waals surface area contributed by atoms with Gasteiger partial charge in [0.25, 0.3) is 5.91 Å². The second-order valence-corrected chi connectivity index (χ2v) is 9.62. The molecule has 1 aliphatic rings. The highest BCUT2D eigenvalue weighted by Gasteiger charge is 2.38. The monoisotopic (exact) mass is 538 g/mol. The van der Waals surface area contributed by atoms with Gasteiger partial charge in [0.15, 0.2) is 5.82 Å². The van der Waals surface area contributed by atoms with Crippen molar-refractivity contribution in [2.45, 2.75) is 12.7 Å². The molecule has 4 heterocycles. The maximum Gasteiger partial charge on any atom is 0.254 e. The Bertz CT molecular complexity index is 1770. The molecule has 1 unspecified atom stereocenters. The summed E-state index contributed by atoms with van der Waals surface area (Å²) in [6.07, 6.45) is 4.31. The molecule has 1 amide bonds. The molecular weight excluding hydrogens is 512 g/mol. The van der Waals surface area contributed by atoms with Crippen LogP contribution in [-0.4, -0.2) is 27.9 Å². The molecule has 200 valence electrons. The van der Waals surface area contributed by atoms with Crippen LogP contribution < -0.4 is 20.9 Å². The van der Waals surface area contributed by atoms with E-state index in [1.54, 1.807) is 6.20 Å². The molecule has 1 atom stereocenters. The second-order valence-electron chi connectivity index (χ2n) is 9.62.